The molecule has 1 saturated carbocycles. The molecule has 0 heterocycles. The van der Waals surface area contributed by atoms with E-state index in [1.165, 1.54) is 5.56 Å². The van der Waals surface area contributed by atoms with Gasteiger partial charge in [0.15, 0.2) is 0 Å². The molecule has 0 bridgehead atoms. The molecule has 2 aromatic carbocycles. The van der Waals surface area contributed by atoms with Gasteiger partial charge >= 0.3 is 0 Å². The average Bonchev–Trinajstić information content (AvgIpc) is 3.27. The second-order valence-electron chi connectivity index (χ2n) is 8.63. The van der Waals surface area contributed by atoms with Crippen LogP contribution in [0.3, 0.4) is 0 Å². The summed E-state index contributed by atoms with van der Waals surface area (Å²) in [6, 6.07) is 13.4. The molecule has 0 unspecified atom stereocenters. The van der Waals surface area contributed by atoms with Gasteiger partial charge in [0.05, 0.1) is 13.5 Å². The van der Waals surface area contributed by atoms with Crippen molar-refractivity contribution in [3.8, 4) is 5.75 Å². The monoisotopic (exact) mass is 422 g/mol. The van der Waals surface area contributed by atoms with Crippen LogP contribution in [0.4, 0.5) is 0 Å². The number of carbonyl (C=O) groups excluding carboxylic acids is 2. The third-order valence-electron chi connectivity index (χ3n) is 6.28. The van der Waals surface area contributed by atoms with E-state index in [2.05, 4.69) is 25.2 Å². The maximum atomic E-state index is 13.4. The SMILES string of the molecule is COc1cccc(CN(C(=O)Cc2ccc(C)c(C)c2)[C@@H](C)C(=O)NC2CCCC2)c1. The zero-order valence-electron chi connectivity index (χ0n) is 19.1. The van der Waals surface area contributed by atoms with Gasteiger partial charge in [-0.25, -0.2) is 0 Å². The van der Waals surface area contributed by atoms with Crippen molar-refractivity contribution < 1.29 is 14.3 Å². The van der Waals surface area contributed by atoms with Gasteiger partial charge in [-0.2, -0.15) is 0 Å². The molecule has 1 atom stereocenters. The van der Waals surface area contributed by atoms with Crippen molar-refractivity contribution >= 4 is 11.8 Å². The quantitative estimate of drug-likeness (QED) is 0.689. The first-order valence-corrected chi connectivity index (χ1v) is 11.2. The molecular formula is C26H34N2O3. The third-order valence-corrected chi connectivity index (χ3v) is 6.28. The van der Waals surface area contributed by atoms with Crippen LogP contribution in [0.25, 0.3) is 0 Å². The molecule has 5 nitrogen and oxygen atoms in total. The highest BCUT2D eigenvalue weighted by Crippen LogP contribution is 2.20. The summed E-state index contributed by atoms with van der Waals surface area (Å²) in [5, 5.41) is 3.15. The van der Waals surface area contributed by atoms with Gasteiger partial charge in [-0.3, -0.25) is 9.59 Å². The largest absolute Gasteiger partial charge is 0.497 e. The number of benzene rings is 2. The highest BCUT2D eigenvalue weighted by molar-refractivity contribution is 5.88. The number of hydrogen-bond acceptors (Lipinski definition) is 3. The number of ether oxygens (including phenoxy) is 1. The van der Waals surface area contributed by atoms with E-state index in [9.17, 15) is 9.59 Å². The lowest BCUT2D eigenvalue weighted by molar-refractivity contribution is -0.140. The Hall–Kier alpha value is -2.82. The molecule has 0 aromatic heterocycles. The fourth-order valence-corrected chi connectivity index (χ4v) is 4.13. The van der Waals surface area contributed by atoms with Gasteiger partial charge in [0.2, 0.25) is 11.8 Å². The van der Waals surface area contributed by atoms with Crippen molar-refractivity contribution in [2.45, 2.75) is 71.5 Å². The summed E-state index contributed by atoms with van der Waals surface area (Å²) < 4.78 is 5.33. The molecule has 1 aliphatic carbocycles. The number of hydrogen-bond donors (Lipinski definition) is 1. The number of rotatable bonds is 8. The van der Waals surface area contributed by atoms with Gasteiger partial charge in [-0.1, -0.05) is 43.2 Å². The number of methoxy groups -OCH3 is 1. The number of nitrogens with one attached hydrogen (secondary N) is 1. The van der Waals surface area contributed by atoms with Crippen molar-refractivity contribution in [3.05, 3.63) is 64.7 Å². The van der Waals surface area contributed by atoms with Crippen molar-refractivity contribution in [2.75, 3.05) is 7.11 Å². The summed E-state index contributed by atoms with van der Waals surface area (Å²) in [5.41, 5.74) is 4.27. The highest BCUT2D eigenvalue weighted by Gasteiger charge is 2.28. The summed E-state index contributed by atoms with van der Waals surface area (Å²) in [7, 11) is 1.62. The maximum Gasteiger partial charge on any atom is 0.242 e. The van der Waals surface area contributed by atoms with E-state index in [-0.39, 0.29) is 24.3 Å². The van der Waals surface area contributed by atoms with Crippen LogP contribution in [0.2, 0.25) is 0 Å². The minimum absolute atomic E-state index is 0.0554. The van der Waals surface area contributed by atoms with E-state index in [0.29, 0.717) is 6.54 Å². The lowest BCUT2D eigenvalue weighted by atomic mass is 10.0. The molecule has 5 heteroatoms. The third kappa shape index (κ3) is 6.09. The predicted octanol–water partition coefficient (Wildman–Crippen LogP) is 4.33. The van der Waals surface area contributed by atoms with Crippen LogP contribution >= 0.6 is 0 Å². The van der Waals surface area contributed by atoms with E-state index >= 15 is 0 Å². The Bertz CT molecular complexity index is 919. The summed E-state index contributed by atoms with van der Waals surface area (Å²) in [5.74, 6) is 0.602. The van der Waals surface area contributed by atoms with Crippen molar-refractivity contribution in [3.63, 3.8) is 0 Å². The lowest BCUT2D eigenvalue weighted by Gasteiger charge is -2.30. The van der Waals surface area contributed by atoms with Crippen LogP contribution in [-0.2, 0) is 22.6 Å². The van der Waals surface area contributed by atoms with Gasteiger partial charge in [0.25, 0.3) is 0 Å². The van der Waals surface area contributed by atoms with E-state index in [1.807, 2.05) is 43.3 Å². The number of nitrogens with zero attached hydrogens (tertiary/aromatic N) is 1. The maximum absolute atomic E-state index is 13.4. The van der Waals surface area contributed by atoms with Crippen LogP contribution in [0.15, 0.2) is 42.5 Å². The molecule has 0 aliphatic heterocycles. The Kier molecular flexibility index (Phi) is 7.72. The summed E-state index contributed by atoms with van der Waals surface area (Å²) in [6.45, 7) is 6.29. The van der Waals surface area contributed by atoms with E-state index in [0.717, 1.165) is 48.1 Å². The van der Waals surface area contributed by atoms with Crippen LogP contribution in [0, 0.1) is 13.8 Å². The Morgan fingerprint density at radius 2 is 1.81 bits per heavy atom. The molecule has 1 fully saturated rings. The lowest BCUT2D eigenvalue weighted by Crippen LogP contribution is -2.50. The average molecular weight is 423 g/mol. The predicted molar refractivity (Wildman–Crippen MR) is 123 cm³/mol. The summed E-state index contributed by atoms with van der Waals surface area (Å²) >= 11 is 0. The normalized spacial score (nSPS) is 14.8. The van der Waals surface area contributed by atoms with Gasteiger partial charge in [0, 0.05) is 12.6 Å². The number of carbonyl (C=O) groups is 2. The van der Waals surface area contributed by atoms with E-state index in [4.69, 9.17) is 4.74 Å². The highest BCUT2D eigenvalue weighted by atomic mass is 16.5. The first-order chi connectivity index (χ1) is 14.9. The fourth-order valence-electron chi connectivity index (χ4n) is 4.13. The number of amides is 2. The summed E-state index contributed by atoms with van der Waals surface area (Å²) in [6.07, 6.45) is 4.61. The van der Waals surface area contributed by atoms with Gasteiger partial charge < -0.3 is 15.0 Å². The van der Waals surface area contributed by atoms with Crippen molar-refractivity contribution in [2.24, 2.45) is 0 Å². The molecule has 0 spiro atoms. The van der Waals surface area contributed by atoms with Gasteiger partial charge in [-0.15, -0.1) is 0 Å². The molecular weight excluding hydrogens is 388 g/mol. The van der Waals surface area contributed by atoms with Crippen molar-refractivity contribution in [1.82, 2.24) is 10.2 Å². The molecule has 2 aromatic rings. The standard InChI is InChI=1S/C26H34N2O3/c1-18-12-13-21(14-19(18)2)16-25(29)28(17-22-8-7-11-24(15-22)31-4)20(3)26(30)27-23-9-5-6-10-23/h7-8,11-15,20,23H,5-6,9-10,16-17H2,1-4H3,(H,27,30)/t20-/m0/s1. The zero-order chi connectivity index (χ0) is 22.4. The van der Waals surface area contributed by atoms with Crippen LogP contribution < -0.4 is 10.1 Å². The minimum Gasteiger partial charge on any atom is -0.497 e. The minimum atomic E-state index is -0.550. The Labute approximate surface area is 185 Å². The first-order valence-electron chi connectivity index (χ1n) is 11.2. The molecule has 2 amide bonds. The van der Waals surface area contributed by atoms with E-state index < -0.39 is 6.04 Å². The summed E-state index contributed by atoms with van der Waals surface area (Å²) in [4.78, 5) is 28.0. The molecule has 1 aliphatic rings. The molecule has 3 rings (SSSR count). The Balaban J connectivity index is 1.79. The second kappa shape index (κ2) is 10.5. The molecule has 0 saturated heterocycles. The smallest absolute Gasteiger partial charge is 0.242 e. The molecule has 166 valence electrons. The van der Waals surface area contributed by atoms with Crippen LogP contribution in [-0.4, -0.2) is 35.9 Å². The Morgan fingerprint density at radius 1 is 1.06 bits per heavy atom. The topological polar surface area (TPSA) is 58.6 Å². The second-order valence-corrected chi connectivity index (χ2v) is 8.63. The zero-order valence-corrected chi connectivity index (χ0v) is 19.1. The van der Waals surface area contributed by atoms with Gasteiger partial charge in [0.1, 0.15) is 11.8 Å². The molecule has 0 radical (unpaired) electrons. The Morgan fingerprint density at radius 3 is 2.48 bits per heavy atom. The van der Waals surface area contributed by atoms with E-state index in [1.54, 1.807) is 12.0 Å². The van der Waals surface area contributed by atoms with Crippen molar-refractivity contribution in [1.29, 1.82) is 0 Å². The first kappa shape index (κ1) is 22.9. The fraction of sp³-hybridized carbons (Fsp3) is 0.462. The molecule has 1 N–H and O–H groups in total. The van der Waals surface area contributed by atoms with Crippen LogP contribution in [0.5, 0.6) is 5.75 Å². The molecule has 31 heavy (non-hydrogen) atoms. The van der Waals surface area contributed by atoms with Crippen LogP contribution in [0.1, 0.15) is 54.9 Å². The number of aryl methyl sites for hydroxylation is 2. The van der Waals surface area contributed by atoms with Gasteiger partial charge in [-0.05, 0) is 68.0 Å².